The van der Waals surface area contributed by atoms with E-state index in [-0.39, 0.29) is 0 Å². The van der Waals surface area contributed by atoms with Gasteiger partial charge in [0.1, 0.15) is 0 Å². The van der Waals surface area contributed by atoms with Crippen molar-refractivity contribution in [1.29, 1.82) is 0 Å². The van der Waals surface area contributed by atoms with E-state index in [0.717, 1.165) is 49.2 Å². The van der Waals surface area contributed by atoms with E-state index >= 15 is 0 Å². The minimum absolute atomic E-state index is 0.346. The molecule has 1 unspecified atom stereocenters. The number of benzene rings is 1. The van der Waals surface area contributed by atoms with E-state index in [0.29, 0.717) is 6.10 Å². The van der Waals surface area contributed by atoms with E-state index < -0.39 is 0 Å². The zero-order valence-electron chi connectivity index (χ0n) is 17.4. The summed E-state index contributed by atoms with van der Waals surface area (Å²) in [6.45, 7) is 9.05. The van der Waals surface area contributed by atoms with Crippen LogP contribution < -0.4 is 0 Å². The molecule has 150 valence electrons. The molecule has 3 heteroatoms. The number of unbranched alkanes of at least 4 members (excludes halogenated alkanes) is 3. The van der Waals surface area contributed by atoms with Gasteiger partial charge in [0.2, 0.25) is 0 Å². The number of aromatic nitrogens is 2. The molecule has 1 aromatic heterocycles. The second-order valence-corrected chi connectivity index (χ2v) is 7.24. The molecule has 1 heterocycles. The van der Waals surface area contributed by atoms with Crippen LogP contribution in [-0.4, -0.2) is 22.7 Å². The van der Waals surface area contributed by atoms with Crippen molar-refractivity contribution in [3.63, 3.8) is 0 Å². The van der Waals surface area contributed by atoms with Crippen molar-refractivity contribution in [2.75, 3.05) is 6.61 Å². The highest BCUT2D eigenvalue weighted by molar-refractivity contribution is 5.62. The standard InChI is InChI=1S/C25H34N2O/c1-4-6-10-18-28-21(3)12-8-7-9-13-25-26-19-24(20-27-25)23-16-14-22(11-5-2)15-17-23/h5,9,13-17,19-21H,2,4,6-8,10-12,18H2,1,3H3. The fourth-order valence-corrected chi connectivity index (χ4v) is 3.00. The molecule has 2 rings (SSSR count). The van der Waals surface area contributed by atoms with E-state index in [4.69, 9.17) is 4.74 Å². The third-order valence-corrected chi connectivity index (χ3v) is 4.74. The molecule has 0 amide bonds. The van der Waals surface area contributed by atoms with Gasteiger partial charge in [0, 0.05) is 24.6 Å². The van der Waals surface area contributed by atoms with Crippen molar-refractivity contribution < 1.29 is 4.74 Å². The highest BCUT2D eigenvalue weighted by Crippen LogP contribution is 2.18. The Morgan fingerprint density at radius 2 is 1.79 bits per heavy atom. The van der Waals surface area contributed by atoms with Crippen molar-refractivity contribution in [1.82, 2.24) is 9.97 Å². The van der Waals surface area contributed by atoms with E-state index in [1.54, 1.807) is 0 Å². The van der Waals surface area contributed by atoms with Crippen molar-refractivity contribution >= 4 is 6.08 Å². The summed E-state index contributed by atoms with van der Waals surface area (Å²) in [5, 5.41) is 0. The summed E-state index contributed by atoms with van der Waals surface area (Å²) >= 11 is 0. The Morgan fingerprint density at radius 1 is 1.04 bits per heavy atom. The summed E-state index contributed by atoms with van der Waals surface area (Å²) in [7, 11) is 0. The first kappa shape index (κ1) is 22.0. The van der Waals surface area contributed by atoms with Crippen LogP contribution in [0.3, 0.4) is 0 Å². The number of nitrogens with zero attached hydrogens (tertiary/aromatic N) is 2. The molecule has 0 aliphatic heterocycles. The van der Waals surface area contributed by atoms with Crippen molar-refractivity contribution in [3.05, 3.63) is 66.8 Å². The number of ether oxygens (including phenoxy) is 1. The molecule has 3 nitrogen and oxygen atoms in total. The molecule has 0 spiro atoms. The van der Waals surface area contributed by atoms with E-state index in [2.05, 4.69) is 60.7 Å². The SMILES string of the molecule is C=CCc1ccc(-c2cnc(C=CCCCC(C)OCCCCC)nc2)cc1. The molecule has 0 aliphatic carbocycles. The van der Waals surface area contributed by atoms with E-state index in [1.807, 2.05) is 24.5 Å². The van der Waals surface area contributed by atoms with E-state index in [9.17, 15) is 0 Å². The second kappa shape index (κ2) is 13.0. The average molecular weight is 379 g/mol. The highest BCUT2D eigenvalue weighted by atomic mass is 16.5. The summed E-state index contributed by atoms with van der Waals surface area (Å²) in [5.74, 6) is 0.760. The van der Waals surface area contributed by atoms with Gasteiger partial charge in [-0.25, -0.2) is 9.97 Å². The quantitative estimate of drug-likeness (QED) is 0.289. The van der Waals surface area contributed by atoms with Crippen molar-refractivity contribution in [3.8, 4) is 11.1 Å². The molecular weight excluding hydrogens is 344 g/mol. The lowest BCUT2D eigenvalue weighted by molar-refractivity contribution is 0.0566. The first-order chi connectivity index (χ1) is 13.7. The molecule has 0 aliphatic rings. The Morgan fingerprint density at radius 3 is 2.46 bits per heavy atom. The van der Waals surface area contributed by atoms with Gasteiger partial charge in [-0.1, -0.05) is 56.2 Å². The zero-order chi connectivity index (χ0) is 20.0. The zero-order valence-corrected chi connectivity index (χ0v) is 17.4. The van der Waals surface area contributed by atoms with Crippen LogP contribution in [0.1, 0.15) is 63.8 Å². The fourth-order valence-electron chi connectivity index (χ4n) is 3.00. The average Bonchev–Trinajstić information content (AvgIpc) is 2.72. The van der Waals surface area contributed by atoms with Gasteiger partial charge in [0.05, 0.1) is 6.10 Å². The Hall–Kier alpha value is -2.26. The largest absolute Gasteiger partial charge is 0.379 e. The molecule has 28 heavy (non-hydrogen) atoms. The van der Waals surface area contributed by atoms with Crippen LogP contribution >= 0.6 is 0 Å². The van der Waals surface area contributed by atoms with Gasteiger partial charge in [0.25, 0.3) is 0 Å². The van der Waals surface area contributed by atoms with Gasteiger partial charge in [-0.05, 0) is 56.2 Å². The predicted octanol–water partition coefficient (Wildman–Crippen LogP) is 6.65. The minimum atomic E-state index is 0.346. The normalized spacial score (nSPS) is 12.4. The highest BCUT2D eigenvalue weighted by Gasteiger charge is 2.02. The molecule has 0 N–H and O–H groups in total. The maximum Gasteiger partial charge on any atom is 0.151 e. The topological polar surface area (TPSA) is 35.0 Å². The summed E-state index contributed by atoms with van der Waals surface area (Å²) in [6, 6.07) is 8.47. The molecular formula is C25H34N2O. The summed E-state index contributed by atoms with van der Waals surface area (Å²) in [4.78, 5) is 8.93. The van der Waals surface area contributed by atoms with Gasteiger partial charge in [-0.15, -0.1) is 6.58 Å². The number of rotatable bonds is 13. The first-order valence-electron chi connectivity index (χ1n) is 10.5. The molecule has 1 aromatic carbocycles. The Kier molecular flexibility index (Phi) is 10.2. The lowest BCUT2D eigenvalue weighted by Crippen LogP contribution is -2.08. The lowest BCUT2D eigenvalue weighted by Gasteiger charge is -2.11. The van der Waals surface area contributed by atoms with Crippen LogP contribution in [0.15, 0.2) is 55.4 Å². The summed E-state index contributed by atoms with van der Waals surface area (Å²) in [6.07, 6.45) is 18.0. The minimum Gasteiger partial charge on any atom is -0.379 e. The van der Waals surface area contributed by atoms with Crippen LogP contribution in [0.2, 0.25) is 0 Å². The molecule has 0 fully saturated rings. The lowest BCUT2D eigenvalue weighted by atomic mass is 10.1. The molecule has 0 saturated heterocycles. The Balaban J connectivity index is 1.72. The Labute approximate surface area is 170 Å². The van der Waals surface area contributed by atoms with Crippen LogP contribution in [0, 0.1) is 0 Å². The van der Waals surface area contributed by atoms with Crippen LogP contribution in [0.5, 0.6) is 0 Å². The van der Waals surface area contributed by atoms with Crippen molar-refractivity contribution in [2.45, 2.75) is 64.9 Å². The van der Waals surface area contributed by atoms with Gasteiger partial charge < -0.3 is 4.74 Å². The predicted molar refractivity (Wildman–Crippen MR) is 119 cm³/mol. The third kappa shape index (κ3) is 8.18. The van der Waals surface area contributed by atoms with Gasteiger partial charge >= 0.3 is 0 Å². The summed E-state index contributed by atoms with van der Waals surface area (Å²) < 4.78 is 5.83. The number of hydrogen-bond donors (Lipinski definition) is 0. The van der Waals surface area contributed by atoms with Gasteiger partial charge in [-0.2, -0.15) is 0 Å². The van der Waals surface area contributed by atoms with Crippen LogP contribution in [-0.2, 0) is 11.2 Å². The molecule has 2 aromatic rings. The molecule has 0 bridgehead atoms. The smallest absolute Gasteiger partial charge is 0.151 e. The molecule has 0 radical (unpaired) electrons. The maximum atomic E-state index is 5.83. The van der Waals surface area contributed by atoms with E-state index in [1.165, 1.54) is 24.8 Å². The monoisotopic (exact) mass is 378 g/mol. The van der Waals surface area contributed by atoms with Crippen LogP contribution in [0.25, 0.3) is 17.2 Å². The molecule has 1 atom stereocenters. The Bertz CT molecular complexity index is 704. The third-order valence-electron chi connectivity index (χ3n) is 4.74. The molecule has 0 saturated carbocycles. The number of hydrogen-bond acceptors (Lipinski definition) is 3. The summed E-state index contributed by atoms with van der Waals surface area (Å²) in [5.41, 5.74) is 3.44. The van der Waals surface area contributed by atoms with Crippen molar-refractivity contribution in [2.24, 2.45) is 0 Å². The second-order valence-electron chi connectivity index (χ2n) is 7.24. The van der Waals surface area contributed by atoms with Crippen LogP contribution in [0.4, 0.5) is 0 Å². The van der Waals surface area contributed by atoms with Gasteiger partial charge in [-0.3, -0.25) is 0 Å². The first-order valence-corrected chi connectivity index (χ1v) is 10.5. The number of allylic oxidation sites excluding steroid dienone is 2. The fraction of sp³-hybridized carbons (Fsp3) is 0.440. The maximum absolute atomic E-state index is 5.83. The van der Waals surface area contributed by atoms with Gasteiger partial charge in [0.15, 0.2) is 5.82 Å².